The molecular formula is C12H22N2. The van der Waals surface area contributed by atoms with Crippen LogP contribution >= 0.6 is 0 Å². The first-order chi connectivity index (χ1) is 6.77. The topological polar surface area (TPSA) is 15.3 Å². The molecule has 80 valence electrons. The van der Waals surface area contributed by atoms with Crippen molar-refractivity contribution in [2.45, 2.75) is 44.7 Å². The SMILES string of the molecule is C=C(C)CCN1C2CCNCC1CC2. The largest absolute Gasteiger partial charge is 0.315 e. The summed E-state index contributed by atoms with van der Waals surface area (Å²) in [7, 11) is 0. The summed E-state index contributed by atoms with van der Waals surface area (Å²) in [4.78, 5) is 2.72. The number of fused-ring (bicyclic) bond motifs is 2. The number of nitrogens with one attached hydrogen (secondary N) is 1. The molecule has 2 atom stereocenters. The minimum Gasteiger partial charge on any atom is -0.315 e. The van der Waals surface area contributed by atoms with E-state index in [1.807, 2.05) is 0 Å². The number of hydrogen-bond donors (Lipinski definition) is 1. The van der Waals surface area contributed by atoms with E-state index in [4.69, 9.17) is 0 Å². The Bertz CT molecular complexity index is 198. The molecule has 2 bridgehead atoms. The van der Waals surface area contributed by atoms with Crippen molar-refractivity contribution in [1.82, 2.24) is 10.2 Å². The van der Waals surface area contributed by atoms with E-state index in [9.17, 15) is 0 Å². The van der Waals surface area contributed by atoms with Gasteiger partial charge in [-0.1, -0.05) is 5.57 Å². The molecule has 2 saturated heterocycles. The average molecular weight is 194 g/mol. The van der Waals surface area contributed by atoms with E-state index in [0.29, 0.717) is 0 Å². The van der Waals surface area contributed by atoms with Crippen molar-refractivity contribution in [2.75, 3.05) is 19.6 Å². The number of rotatable bonds is 3. The minimum atomic E-state index is 0.807. The molecule has 2 rings (SSSR count). The molecule has 2 heteroatoms. The fourth-order valence-electron chi connectivity index (χ4n) is 2.77. The highest BCUT2D eigenvalue weighted by Crippen LogP contribution is 2.28. The van der Waals surface area contributed by atoms with Gasteiger partial charge in [0.05, 0.1) is 0 Å². The lowest BCUT2D eigenvalue weighted by Gasteiger charge is -2.27. The third-order valence-corrected chi connectivity index (χ3v) is 3.60. The second-order valence-corrected chi connectivity index (χ2v) is 4.82. The Balaban J connectivity index is 1.92. The maximum Gasteiger partial charge on any atom is 0.0224 e. The standard InChI is InChI=1S/C12H22N2/c1-10(2)6-8-14-11-3-4-12(14)9-13-7-5-11/h11-13H,1,3-9H2,2H3. The van der Waals surface area contributed by atoms with E-state index >= 15 is 0 Å². The summed E-state index contributed by atoms with van der Waals surface area (Å²) in [5.74, 6) is 0. The van der Waals surface area contributed by atoms with Gasteiger partial charge < -0.3 is 5.32 Å². The normalized spacial score (nSPS) is 32.9. The van der Waals surface area contributed by atoms with Crippen LogP contribution in [0.2, 0.25) is 0 Å². The monoisotopic (exact) mass is 194 g/mol. The molecule has 0 spiro atoms. The van der Waals surface area contributed by atoms with Gasteiger partial charge in [-0.3, -0.25) is 4.90 Å². The second-order valence-electron chi connectivity index (χ2n) is 4.82. The molecule has 1 N–H and O–H groups in total. The number of nitrogens with zero attached hydrogens (tertiary/aromatic N) is 1. The van der Waals surface area contributed by atoms with Crippen LogP contribution in [0.3, 0.4) is 0 Å². The molecular weight excluding hydrogens is 172 g/mol. The maximum absolute atomic E-state index is 3.99. The lowest BCUT2D eigenvalue weighted by molar-refractivity contribution is 0.205. The van der Waals surface area contributed by atoms with Gasteiger partial charge in [0.2, 0.25) is 0 Å². The van der Waals surface area contributed by atoms with Gasteiger partial charge >= 0.3 is 0 Å². The first kappa shape index (κ1) is 10.2. The summed E-state index contributed by atoms with van der Waals surface area (Å²) >= 11 is 0. The van der Waals surface area contributed by atoms with Gasteiger partial charge in [0, 0.05) is 25.2 Å². The maximum atomic E-state index is 3.99. The third-order valence-electron chi connectivity index (χ3n) is 3.60. The van der Waals surface area contributed by atoms with Crippen molar-refractivity contribution in [3.63, 3.8) is 0 Å². The van der Waals surface area contributed by atoms with E-state index < -0.39 is 0 Å². The van der Waals surface area contributed by atoms with Crippen LogP contribution in [0.1, 0.15) is 32.6 Å². The zero-order chi connectivity index (χ0) is 9.97. The van der Waals surface area contributed by atoms with E-state index in [0.717, 1.165) is 12.1 Å². The zero-order valence-corrected chi connectivity index (χ0v) is 9.26. The Labute approximate surface area is 87.4 Å². The molecule has 0 aromatic rings. The molecule has 2 aliphatic heterocycles. The molecule has 0 amide bonds. The molecule has 0 aliphatic carbocycles. The van der Waals surface area contributed by atoms with Crippen LogP contribution in [0, 0.1) is 0 Å². The smallest absolute Gasteiger partial charge is 0.0224 e. The molecule has 2 fully saturated rings. The lowest BCUT2D eigenvalue weighted by Crippen LogP contribution is -2.38. The van der Waals surface area contributed by atoms with Gasteiger partial charge in [-0.25, -0.2) is 0 Å². The second kappa shape index (κ2) is 4.45. The summed E-state index contributed by atoms with van der Waals surface area (Å²) in [6.07, 6.45) is 5.33. The van der Waals surface area contributed by atoms with Crippen molar-refractivity contribution >= 4 is 0 Å². The third kappa shape index (κ3) is 2.18. The van der Waals surface area contributed by atoms with Crippen LogP contribution in [-0.4, -0.2) is 36.6 Å². The Morgan fingerprint density at radius 2 is 2.14 bits per heavy atom. The highest BCUT2D eigenvalue weighted by atomic mass is 15.2. The van der Waals surface area contributed by atoms with Gasteiger partial charge in [0.15, 0.2) is 0 Å². The summed E-state index contributed by atoms with van der Waals surface area (Å²) in [6, 6.07) is 1.66. The van der Waals surface area contributed by atoms with E-state index in [2.05, 4.69) is 23.7 Å². The average Bonchev–Trinajstić information content (AvgIpc) is 2.36. The quantitative estimate of drug-likeness (QED) is 0.689. The fraction of sp³-hybridized carbons (Fsp3) is 0.833. The first-order valence-electron chi connectivity index (χ1n) is 5.88. The van der Waals surface area contributed by atoms with Crippen molar-refractivity contribution < 1.29 is 0 Å². The van der Waals surface area contributed by atoms with Gasteiger partial charge in [-0.15, -0.1) is 6.58 Å². The van der Waals surface area contributed by atoms with Crippen molar-refractivity contribution in [3.05, 3.63) is 12.2 Å². The predicted octanol–water partition coefficient (Wildman–Crippen LogP) is 1.78. The molecule has 0 saturated carbocycles. The molecule has 0 aromatic heterocycles. The Hall–Kier alpha value is -0.340. The van der Waals surface area contributed by atoms with Crippen LogP contribution < -0.4 is 5.32 Å². The number of hydrogen-bond acceptors (Lipinski definition) is 2. The Morgan fingerprint density at radius 1 is 1.36 bits per heavy atom. The molecule has 14 heavy (non-hydrogen) atoms. The molecule has 2 aliphatic rings. The molecule has 0 radical (unpaired) electrons. The summed E-state index contributed by atoms with van der Waals surface area (Å²) in [5.41, 5.74) is 1.32. The van der Waals surface area contributed by atoms with Crippen LogP contribution in [-0.2, 0) is 0 Å². The highest BCUT2D eigenvalue weighted by Gasteiger charge is 2.33. The van der Waals surface area contributed by atoms with E-state index in [1.54, 1.807) is 0 Å². The van der Waals surface area contributed by atoms with Crippen LogP contribution in [0.4, 0.5) is 0 Å². The van der Waals surface area contributed by atoms with Crippen LogP contribution in [0.25, 0.3) is 0 Å². The van der Waals surface area contributed by atoms with Gasteiger partial charge in [0.25, 0.3) is 0 Å². The van der Waals surface area contributed by atoms with Crippen LogP contribution in [0.5, 0.6) is 0 Å². The van der Waals surface area contributed by atoms with E-state index in [1.165, 1.54) is 50.9 Å². The van der Waals surface area contributed by atoms with Gasteiger partial charge in [-0.05, 0) is 39.2 Å². The first-order valence-corrected chi connectivity index (χ1v) is 5.88. The lowest BCUT2D eigenvalue weighted by atomic mass is 10.1. The molecule has 0 aromatic carbocycles. The Kier molecular flexibility index (Phi) is 3.24. The zero-order valence-electron chi connectivity index (χ0n) is 9.26. The van der Waals surface area contributed by atoms with Crippen molar-refractivity contribution in [2.24, 2.45) is 0 Å². The molecule has 2 nitrogen and oxygen atoms in total. The summed E-state index contributed by atoms with van der Waals surface area (Å²) in [6.45, 7) is 9.77. The summed E-state index contributed by atoms with van der Waals surface area (Å²) in [5, 5.41) is 3.53. The van der Waals surface area contributed by atoms with Crippen molar-refractivity contribution in [1.29, 1.82) is 0 Å². The molecule has 2 unspecified atom stereocenters. The Morgan fingerprint density at radius 3 is 2.93 bits per heavy atom. The molecule has 2 heterocycles. The van der Waals surface area contributed by atoms with Gasteiger partial charge in [-0.2, -0.15) is 0 Å². The van der Waals surface area contributed by atoms with Crippen molar-refractivity contribution in [3.8, 4) is 0 Å². The predicted molar refractivity (Wildman–Crippen MR) is 60.4 cm³/mol. The van der Waals surface area contributed by atoms with E-state index in [-0.39, 0.29) is 0 Å². The highest BCUT2D eigenvalue weighted by molar-refractivity contribution is 4.95. The minimum absolute atomic E-state index is 0.807. The van der Waals surface area contributed by atoms with Crippen LogP contribution in [0.15, 0.2) is 12.2 Å². The summed E-state index contributed by atoms with van der Waals surface area (Å²) < 4.78 is 0. The van der Waals surface area contributed by atoms with Gasteiger partial charge in [0.1, 0.15) is 0 Å². The fourth-order valence-corrected chi connectivity index (χ4v) is 2.77.